The minimum Gasteiger partial charge on any atom is -0.354 e. The number of hydrogen-bond donors (Lipinski definition) is 1. The molecule has 156 valence electrons. The second-order valence-corrected chi connectivity index (χ2v) is 7.81. The van der Waals surface area contributed by atoms with E-state index in [0.717, 1.165) is 42.4 Å². The molecule has 10 heteroatoms. The summed E-state index contributed by atoms with van der Waals surface area (Å²) in [6.07, 6.45) is 9.18. The first-order chi connectivity index (χ1) is 14.6. The molecule has 1 N–H and O–H groups in total. The lowest BCUT2D eigenvalue weighted by Crippen LogP contribution is -2.42. The zero-order chi connectivity index (χ0) is 20.8. The second kappa shape index (κ2) is 7.19. The maximum absolute atomic E-state index is 11.9. The molecule has 1 atom stereocenters. The Balaban J connectivity index is 1.65. The van der Waals surface area contributed by atoms with Gasteiger partial charge in [0, 0.05) is 19.3 Å². The van der Waals surface area contributed by atoms with Gasteiger partial charge in [0.25, 0.3) is 11.9 Å². The molecule has 0 bridgehead atoms. The highest BCUT2D eigenvalue weighted by molar-refractivity contribution is 5.91. The van der Waals surface area contributed by atoms with Crippen LogP contribution in [0.25, 0.3) is 11.6 Å². The number of carbonyl (C=O) groups excluding carboxylic acids is 1. The van der Waals surface area contributed by atoms with Crippen molar-refractivity contribution in [3.05, 3.63) is 35.8 Å². The molecular formula is C20H25N9O. The Kier molecular flexibility index (Phi) is 4.48. The van der Waals surface area contributed by atoms with Crippen LogP contribution in [0.5, 0.6) is 0 Å². The van der Waals surface area contributed by atoms with E-state index in [1.54, 1.807) is 24.0 Å². The minimum atomic E-state index is -0.241. The maximum atomic E-state index is 11.9. The highest BCUT2D eigenvalue weighted by atomic mass is 16.1. The fourth-order valence-electron chi connectivity index (χ4n) is 4.65. The number of carbonyl (C=O) groups is 1. The van der Waals surface area contributed by atoms with Crippen molar-refractivity contribution in [2.45, 2.75) is 58.0 Å². The van der Waals surface area contributed by atoms with Crippen LogP contribution in [0.2, 0.25) is 0 Å². The van der Waals surface area contributed by atoms with Crippen molar-refractivity contribution < 1.29 is 4.79 Å². The molecule has 0 saturated heterocycles. The molecule has 3 aromatic rings. The zero-order valence-corrected chi connectivity index (χ0v) is 17.4. The zero-order valence-electron chi connectivity index (χ0n) is 17.4. The lowest BCUT2D eigenvalue weighted by molar-refractivity contribution is 0.0957. The third-order valence-corrected chi connectivity index (χ3v) is 6.06. The molecule has 4 heterocycles. The van der Waals surface area contributed by atoms with E-state index < -0.39 is 0 Å². The number of nitrogens with zero attached hydrogens (tertiary/aromatic N) is 8. The van der Waals surface area contributed by atoms with E-state index in [-0.39, 0.29) is 11.9 Å². The van der Waals surface area contributed by atoms with Crippen molar-refractivity contribution in [2.75, 3.05) is 11.9 Å². The molecule has 1 saturated carbocycles. The van der Waals surface area contributed by atoms with Gasteiger partial charge in [-0.05, 0) is 32.3 Å². The molecule has 0 spiro atoms. The number of aryl methyl sites for hydroxylation is 1. The standard InChI is InChI=1S/C20H25N9O/c1-4-15-18-25-24-12(2)28(18)16-11-22-20(27-10-9-14(26-27)19(30)21-3)23-17(16)29(15)13-7-5-6-8-13/h9-11,13,15H,4-8H2,1-3H3,(H,21,30). The van der Waals surface area contributed by atoms with Crippen molar-refractivity contribution in [3.8, 4) is 11.6 Å². The van der Waals surface area contributed by atoms with Crippen LogP contribution in [0.3, 0.4) is 0 Å². The lowest BCUT2D eigenvalue weighted by Gasteiger charge is -2.41. The SMILES string of the molecule is CCC1c2nnc(C)n2-c2cnc(-n3ccc(C(=O)NC)n3)nc2N1C1CCCC1. The van der Waals surface area contributed by atoms with Crippen LogP contribution >= 0.6 is 0 Å². The Morgan fingerprint density at radius 3 is 2.80 bits per heavy atom. The number of hydrogen-bond acceptors (Lipinski definition) is 7. The molecule has 2 aliphatic rings. The average molecular weight is 407 g/mol. The van der Waals surface area contributed by atoms with Gasteiger partial charge in [-0.1, -0.05) is 19.8 Å². The summed E-state index contributed by atoms with van der Waals surface area (Å²) >= 11 is 0. The first-order valence-corrected chi connectivity index (χ1v) is 10.5. The summed E-state index contributed by atoms with van der Waals surface area (Å²) in [6, 6.07) is 2.19. The van der Waals surface area contributed by atoms with Crippen LogP contribution in [0.1, 0.15) is 67.2 Å². The van der Waals surface area contributed by atoms with Crippen LogP contribution in [0, 0.1) is 6.92 Å². The molecule has 1 fully saturated rings. The van der Waals surface area contributed by atoms with Crippen molar-refractivity contribution in [3.63, 3.8) is 0 Å². The van der Waals surface area contributed by atoms with Gasteiger partial charge in [0.1, 0.15) is 11.5 Å². The van der Waals surface area contributed by atoms with Crippen molar-refractivity contribution in [1.82, 2.24) is 39.8 Å². The minimum absolute atomic E-state index is 0.114. The van der Waals surface area contributed by atoms with E-state index in [1.807, 2.05) is 13.1 Å². The van der Waals surface area contributed by atoms with E-state index in [1.165, 1.54) is 12.8 Å². The number of nitrogens with one attached hydrogen (secondary N) is 1. The summed E-state index contributed by atoms with van der Waals surface area (Å²) in [5.41, 5.74) is 1.22. The fraction of sp³-hybridized carbons (Fsp3) is 0.500. The van der Waals surface area contributed by atoms with E-state index in [9.17, 15) is 4.79 Å². The number of rotatable bonds is 4. The Hall–Kier alpha value is -3.30. The number of fused-ring (bicyclic) bond motifs is 3. The Bertz CT molecular complexity index is 1100. The van der Waals surface area contributed by atoms with Crippen LogP contribution in [-0.2, 0) is 0 Å². The molecule has 10 nitrogen and oxygen atoms in total. The molecule has 30 heavy (non-hydrogen) atoms. The van der Waals surface area contributed by atoms with E-state index in [0.29, 0.717) is 17.7 Å². The van der Waals surface area contributed by atoms with Crippen LogP contribution in [0.4, 0.5) is 5.82 Å². The first kappa shape index (κ1) is 18.7. The molecule has 3 aromatic heterocycles. The van der Waals surface area contributed by atoms with Gasteiger partial charge in [0.05, 0.1) is 12.2 Å². The van der Waals surface area contributed by atoms with Gasteiger partial charge in [0.15, 0.2) is 17.3 Å². The number of amides is 1. The summed E-state index contributed by atoms with van der Waals surface area (Å²) in [4.78, 5) is 23.8. The monoisotopic (exact) mass is 407 g/mol. The topological polar surface area (TPSA) is 107 Å². The first-order valence-electron chi connectivity index (χ1n) is 10.5. The van der Waals surface area contributed by atoms with Crippen molar-refractivity contribution in [2.24, 2.45) is 0 Å². The van der Waals surface area contributed by atoms with Crippen molar-refractivity contribution in [1.29, 1.82) is 0 Å². The van der Waals surface area contributed by atoms with Gasteiger partial charge in [-0.25, -0.2) is 9.67 Å². The molecule has 1 aliphatic carbocycles. The predicted molar refractivity (Wildman–Crippen MR) is 110 cm³/mol. The van der Waals surface area contributed by atoms with E-state index >= 15 is 0 Å². The maximum Gasteiger partial charge on any atom is 0.271 e. The van der Waals surface area contributed by atoms with Crippen LogP contribution in [-0.4, -0.2) is 53.5 Å². The summed E-state index contributed by atoms with van der Waals surface area (Å²) in [7, 11) is 1.58. The smallest absolute Gasteiger partial charge is 0.271 e. The Labute approximate surface area is 174 Å². The van der Waals surface area contributed by atoms with E-state index in [4.69, 9.17) is 4.98 Å². The van der Waals surface area contributed by atoms with Crippen LogP contribution in [0.15, 0.2) is 18.5 Å². The summed E-state index contributed by atoms with van der Waals surface area (Å²) < 4.78 is 3.62. The molecule has 1 amide bonds. The van der Waals surface area contributed by atoms with Crippen LogP contribution < -0.4 is 10.2 Å². The number of anilines is 1. The third-order valence-electron chi connectivity index (χ3n) is 6.06. The quantitative estimate of drug-likeness (QED) is 0.706. The van der Waals surface area contributed by atoms with Gasteiger partial charge in [-0.3, -0.25) is 9.36 Å². The van der Waals surface area contributed by atoms with E-state index in [2.05, 4.69) is 42.0 Å². The molecule has 0 radical (unpaired) electrons. The highest BCUT2D eigenvalue weighted by Gasteiger charge is 2.39. The van der Waals surface area contributed by atoms with Gasteiger partial charge in [0.2, 0.25) is 0 Å². The Morgan fingerprint density at radius 2 is 2.07 bits per heavy atom. The molecule has 1 aliphatic heterocycles. The van der Waals surface area contributed by atoms with Gasteiger partial charge in [-0.2, -0.15) is 10.1 Å². The summed E-state index contributed by atoms with van der Waals surface area (Å²) in [5.74, 6) is 2.86. The normalized spacial score (nSPS) is 18.4. The Morgan fingerprint density at radius 1 is 1.27 bits per heavy atom. The van der Waals surface area contributed by atoms with Gasteiger partial charge >= 0.3 is 0 Å². The second-order valence-electron chi connectivity index (χ2n) is 7.81. The molecule has 0 aromatic carbocycles. The molecule has 1 unspecified atom stereocenters. The fourth-order valence-corrected chi connectivity index (χ4v) is 4.65. The third kappa shape index (κ3) is 2.78. The highest BCUT2D eigenvalue weighted by Crippen LogP contribution is 2.43. The number of aromatic nitrogens is 7. The summed E-state index contributed by atoms with van der Waals surface area (Å²) in [6.45, 7) is 4.13. The molecule has 5 rings (SSSR count). The lowest BCUT2D eigenvalue weighted by atomic mass is 10.0. The summed E-state index contributed by atoms with van der Waals surface area (Å²) in [5, 5.41) is 15.8. The van der Waals surface area contributed by atoms with Crippen molar-refractivity contribution >= 4 is 11.7 Å². The predicted octanol–water partition coefficient (Wildman–Crippen LogP) is 2.12. The average Bonchev–Trinajstić information content (AvgIpc) is 3.53. The van der Waals surface area contributed by atoms with Gasteiger partial charge < -0.3 is 10.2 Å². The molecular weight excluding hydrogens is 382 g/mol. The largest absolute Gasteiger partial charge is 0.354 e. The van der Waals surface area contributed by atoms with Gasteiger partial charge in [-0.15, -0.1) is 10.2 Å².